The molecule has 4 fully saturated rings. The summed E-state index contributed by atoms with van der Waals surface area (Å²) in [5.74, 6) is 1.76. The van der Waals surface area contributed by atoms with Crippen LogP contribution >= 0.6 is 22.9 Å². The average molecular weight is 534 g/mol. The molecule has 32 heavy (non-hydrogen) atoms. The summed E-state index contributed by atoms with van der Waals surface area (Å²) in [6.07, 6.45) is 5.79. The molecule has 3 unspecified atom stereocenters. The Morgan fingerprint density at radius 2 is 2.16 bits per heavy atom. The van der Waals surface area contributed by atoms with Gasteiger partial charge in [0.15, 0.2) is 5.82 Å². The molecule has 1 spiro atoms. The lowest BCUT2D eigenvalue weighted by atomic mass is 10.1. The molecule has 7 heteroatoms. The van der Waals surface area contributed by atoms with E-state index in [4.69, 9.17) is 9.97 Å². The first-order chi connectivity index (χ1) is 15.6. The summed E-state index contributed by atoms with van der Waals surface area (Å²) in [6, 6.07) is 14.3. The third kappa shape index (κ3) is 2.38. The molecule has 3 aromatic heterocycles. The van der Waals surface area contributed by atoms with Crippen molar-refractivity contribution in [2.45, 2.75) is 43.4 Å². The largest absolute Gasteiger partial charge is 0.365 e. The maximum absolute atomic E-state index is 5.12. The number of hydrogen-bond donors (Lipinski definition) is 1. The van der Waals surface area contributed by atoms with Crippen LogP contribution in [0.25, 0.3) is 39.3 Å². The fraction of sp³-hybridized carbons (Fsp3) is 0.360. The van der Waals surface area contributed by atoms with Crippen molar-refractivity contribution in [2.75, 3.05) is 6.54 Å². The Labute approximate surface area is 199 Å². The number of rotatable bonds is 5. The Balaban J connectivity index is 1.22. The highest BCUT2D eigenvalue weighted by Gasteiger charge is 2.77. The molecular formula is C25H23IN6. The van der Waals surface area contributed by atoms with Crippen LogP contribution in [0.3, 0.4) is 0 Å². The van der Waals surface area contributed by atoms with Crippen molar-refractivity contribution in [1.29, 1.82) is 0 Å². The van der Waals surface area contributed by atoms with Gasteiger partial charge < -0.3 is 14.8 Å². The zero-order valence-corrected chi connectivity index (χ0v) is 19.8. The van der Waals surface area contributed by atoms with Gasteiger partial charge in [0.25, 0.3) is 0 Å². The Hall–Kier alpha value is -2.39. The van der Waals surface area contributed by atoms with Gasteiger partial charge in [-0.2, -0.15) is 0 Å². The van der Waals surface area contributed by atoms with Gasteiger partial charge >= 0.3 is 0 Å². The molecule has 8 rings (SSSR count). The second-order valence-electron chi connectivity index (χ2n) is 9.98. The molecule has 160 valence electrons. The molecule has 1 N–H and O–H groups in total. The summed E-state index contributed by atoms with van der Waals surface area (Å²) in [4.78, 5) is 12.3. The molecule has 6 nitrogen and oxygen atoms in total. The lowest BCUT2D eigenvalue weighted by molar-refractivity contribution is 0.412. The Morgan fingerprint density at radius 1 is 1.25 bits per heavy atom. The van der Waals surface area contributed by atoms with Gasteiger partial charge in [-0.15, -0.1) is 0 Å². The van der Waals surface area contributed by atoms with E-state index in [-0.39, 0.29) is 0 Å². The van der Waals surface area contributed by atoms with Gasteiger partial charge in [0.2, 0.25) is 0 Å². The van der Waals surface area contributed by atoms with Gasteiger partial charge in [-0.25, -0.2) is 9.97 Å². The van der Waals surface area contributed by atoms with Crippen molar-refractivity contribution >= 4 is 50.6 Å². The van der Waals surface area contributed by atoms with E-state index < -0.39 is 0 Å². The predicted molar refractivity (Wildman–Crippen MR) is 134 cm³/mol. The Morgan fingerprint density at radius 3 is 2.94 bits per heavy atom. The summed E-state index contributed by atoms with van der Waals surface area (Å²) < 4.78 is 4.57. The van der Waals surface area contributed by atoms with Gasteiger partial charge in [0, 0.05) is 36.4 Å². The number of piperazine rings is 1. The molecule has 5 heterocycles. The second-order valence-corrected chi connectivity index (χ2v) is 10.9. The van der Waals surface area contributed by atoms with Gasteiger partial charge in [-0.1, -0.05) is 12.6 Å². The molecule has 2 saturated heterocycles. The van der Waals surface area contributed by atoms with E-state index in [1.165, 1.54) is 30.2 Å². The monoisotopic (exact) mass is 534 g/mol. The number of pyridine rings is 1. The van der Waals surface area contributed by atoms with Crippen LogP contribution < -0.4 is 5.32 Å². The van der Waals surface area contributed by atoms with Crippen molar-refractivity contribution in [3.05, 3.63) is 54.7 Å². The van der Waals surface area contributed by atoms with E-state index in [2.05, 4.69) is 77.3 Å². The first-order valence-corrected chi connectivity index (χ1v) is 12.5. The van der Waals surface area contributed by atoms with Gasteiger partial charge in [-0.3, -0.25) is 2.78 Å². The number of benzene rings is 1. The quantitative estimate of drug-likeness (QED) is 0.304. The summed E-state index contributed by atoms with van der Waals surface area (Å²) in [5, 5.41) is 4.82. The molecule has 0 radical (unpaired) electrons. The Kier molecular flexibility index (Phi) is 3.35. The zero-order valence-electron chi connectivity index (χ0n) is 17.6. The minimum Gasteiger partial charge on any atom is -0.365 e. The normalized spacial score (nSPS) is 27.7. The van der Waals surface area contributed by atoms with Gasteiger partial charge in [-0.05, 0) is 61.1 Å². The molecule has 4 aliphatic rings. The van der Waals surface area contributed by atoms with Crippen LogP contribution in [0.1, 0.15) is 24.8 Å². The highest BCUT2D eigenvalue weighted by molar-refractivity contribution is 14.1. The van der Waals surface area contributed by atoms with Crippen LogP contribution in [0.5, 0.6) is 0 Å². The summed E-state index contributed by atoms with van der Waals surface area (Å²) >= 11 is 2.39. The molecule has 4 aromatic rings. The number of nitrogens with zero attached hydrogens (tertiary/aromatic N) is 5. The number of imidazole rings is 1. The van der Waals surface area contributed by atoms with Crippen molar-refractivity contribution in [3.8, 4) is 11.5 Å². The molecule has 0 amide bonds. The topological polar surface area (TPSA) is 60.8 Å². The number of hydrogen-bond acceptors (Lipinski definition) is 4. The fourth-order valence-corrected chi connectivity index (χ4v) is 6.63. The van der Waals surface area contributed by atoms with Gasteiger partial charge in [0.1, 0.15) is 5.65 Å². The van der Waals surface area contributed by atoms with E-state index >= 15 is 0 Å². The third-order valence-corrected chi connectivity index (χ3v) is 8.98. The van der Waals surface area contributed by atoms with Crippen molar-refractivity contribution in [1.82, 2.24) is 27.5 Å². The summed E-state index contributed by atoms with van der Waals surface area (Å²) in [7, 11) is 0. The van der Waals surface area contributed by atoms with Crippen molar-refractivity contribution in [3.63, 3.8) is 0 Å². The molecule has 2 saturated carbocycles. The number of nitrogens with one attached hydrogen (secondary N) is 1. The smallest absolute Gasteiger partial charge is 0.166 e. The molecule has 1 aromatic carbocycles. The van der Waals surface area contributed by atoms with Crippen molar-refractivity contribution in [2.24, 2.45) is 5.92 Å². The van der Waals surface area contributed by atoms with Crippen molar-refractivity contribution < 1.29 is 0 Å². The third-order valence-electron chi connectivity index (χ3n) is 8.00. The summed E-state index contributed by atoms with van der Waals surface area (Å²) in [5.41, 5.74) is 7.14. The molecule has 2 aliphatic heterocycles. The Bertz CT molecular complexity index is 1460. The maximum atomic E-state index is 5.12. The zero-order chi connectivity index (χ0) is 21.2. The number of likely N-dealkylation sites (tertiary alicyclic amines) is 1. The SMILES string of the molecule is C=C(c1ccc2c(c1)nc(-c1cc3cccnc3n1CC1CC1)n2I)N1CC2NC23CC13. The van der Waals surface area contributed by atoms with Crippen LogP contribution in [0.4, 0.5) is 0 Å². The molecule has 0 bridgehead atoms. The minimum atomic E-state index is 0.438. The second kappa shape index (κ2) is 5.94. The highest BCUT2D eigenvalue weighted by atomic mass is 127. The predicted octanol–water partition coefficient (Wildman–Crippen LogP) is 4.43. The van der Waals surface area contributed by atoms with Crippen LogP contribution in [-0.2, 0) is 6.54 Å². The molecule has 2 aliphatic carbocycles. The lowest BCUT2D eigenvalue weighted by Crippen LogP contribution is -2.27. The van der Waals surface area contributed by atoms with E-state index in [1.54, 1.807) is 0 Å². The number of halogens is 1. The van der Waals surface area contributed by atoms with Crippen LogP contribution in [-0.4, -0.2) is 46.4 Å². The minimum absolute atomic E-state index is 0.438. The highest BCUT2D eigenvalue weighted by Crippen LogP contribution is 2.60. The molecular weight excluding hydrogens is 511 g/mol. The fourth-order valence-electron chi connectivity index (χ4n) is 5.86. The van der Waals surface area contributed by atoms with E-state index in [0.29, 0.717) is 17.6 Å². The van der Waals surface area contributed by atoms with Crippen LogP contribution in [0, 0.1) is 5.92 Å². The van der Waals surface area contributed by atoms with Crippen LogP contribution in [0.2, 0.25) is 0 Å². The van der Waals surface area contributed by atoms with E-state index in [9.17, 15) is 0 Å². The number of aromatic nitrogens is 4. The molecule has 3 atom stereocenters. The lowest BCUT2D eigenvalue weighted by Gasteiger charge is -2.24. The summed E-state index contributed by atoms with van der Waals surface area (Å²) in [6.45, 7) is 6.57. The van der Waals surface area contributed by atoms with E-state index in [0.717, 1.165) is 52.9 Å². The first kappa shape index (κ1) is 18.1. The first-order valence-electron chi connectivity index (χ1n) is 11.5. The number of piperidine rings is 1. The van der Waals surface area contributed by atoms with Gasteiger partial charge in [0.05, 0.1) is 51.2 Å². The standard InChI is InChI=1S/C25H23IN6/c1-14(30-13-21-25(29-21)11-22(25)30)16-6-7-19-18(9-16)28-24(32(19)26)20-10-17-3-2-8-27-23(17)31(20)12-15-4-5-15/h2-3,6-10,15,21-22,29H,1,4-5,11-13H2. The van der Waals surface area contributed by atoms with Crippen LogP contribution in [0.15, 0.2) is 49.2 Å². The maximum Gasteiger partial charge on any atom is 0.166 e. The average Bonchev–Trinajstić information content (AvgIpc) is 3.76. The number of fused-ring (bicyclic) bond motifs is 2. The van der Waals surface area contributed by atoms with E-state index in [1.807, 2.05) is 12.3 Å².